The Labute approximate surface area is 142 Å². The lowest BCUT2D eigenvalue weighted by Gasteiger charge is -2.17. The molecule has 0 unspecified atom stereocenters. The molecule has 3 nitrogen and oxygen atoms in total. The highest BCUT2D eigenvalue weighted by molar-refractivity contribution is 9.10. The molecule has 0 N–H and O–H groups in total. The molecular weight excluding hydrogens is 382 g/mol. The molecule has 0 fully saturated rings. The number of nitrogens with zero attached hydrogens (tertiary/aromatic N) is 1. The summed E-state index contributed by atoms with van der Waals surface area (Å²) in [6.07, 6.45) is 0. The zero-order chi connectivity index (χ0) is 15.9. The van der Waals surface area contributed by atoms with Gasteiger partial charge in [-0.1, -0.05) is 39.7 Å². The van der Waals surface area contributed by atoms with Crippen molar-refractivity contribution in [2.45, 2.75) is 11.8 Å². The maximum atomic E-state index is 12.7. The fraction of sp³-hybridized carbons (Fsp3) is 0.125. The summed E-state index contributed by atoms with van der Waals surface area (Å²) in [5.74, 6) is 0. The molecule has 0 spiro atoms. The van der Waals surface area contributed by atoms with Gasteiger partial charge >= 0.3 is 0 Å². The van der Waals surface area contributed by atoms with E-state index in [1.165, 1.54) is 15.6 Å². The first-order valence-electron chi connectivity index (χ1n) is 6.62. The minimum atomic E-state index is -3.53. The van der Waals surface area contributed by atoms with E-state index >= 15 is 0 Å². The molecule has 0 aliphatic heterocycles. The van der Waals surface area contributed by atoms with Crippen LogP contribution in [-0.4, -0.2) is 15.5 Å². The molecule has 0 radical (unpaired) electrons. The molecule has 22 heavy (non-hydrogen) atoms. The topological polar surface area (TPSA) is 37.4 Å². The van der Waals surface area contributed by atoms with Crippen LogP contribution >= 0.6 is 27.3 Å². The van der Waals surface area contributed by atoms with Gasteiger partial charge in [-0.2, -0.15) is 0 Å². The van der Waals surface area contributed by atoms with Crippen molar-refractivity contribution in [2.24, 2.45) is 0 Å². The van der Waals surface area contributed by atoms with E-state index in [0.29, 0.717) is 9.90 Å². The Balaban J connectivity index is 2.03. The largest absolute Gasteiger partial charge is 0.264 e. The number of halogens is 1. The van der Waals surface area contributed by atoms with E-state index in [4.69, 9.17) is 0 Å². The molecule has 0 aliphatic carbocycles. The number of hydrogen-bond acceptors (Lipinski definition) is 3. The third-order valence-corrected chi connectivity index (χ3v) is 7.03. The van der Waals surface area contributed by atoms with E-state index in [9.17, 15) is 8.42 Å². The van der Waals surface area contributed by atoms with Crippen LogP contribution in [0.2, 0.25) is 0 Å². The Morgan fingerprint density at radius 1 is 1.05 bits per heavy atom. The Bertz CT molecular complexity index is 930. The summed E-state index contributed by atoms with van der Waals surface area (Å²) < 4.78 is 28.8. The van der Waals surface area contributed by atoms with Gasteiger partial charge in [0, 0.05) is 16.2 Å². The van der Waals surface area contributed by atoms with E-state index in [-0.39, 0.29) is 0 Å². The average Bonchev–Trinajstić information content (AvgIpc) is 2.89. The Hall–Kier alpha value is -1.37. The van der Waals surface area contributed by atoms with E-state index in [1.807, 2.05) is 43.3 Å². The van der Waals surface area contributed by atoms with Crippen LogP contribution in [0.15, 0.2) is 57.9 Å². The summed E-state index contributed by atoms with van der Waals surface area (Å²) in [5.41, 5.74) is 1.04. The number of aryl methyl sites for hydroxylation is 1. The van der Waals surface area contributed by atoms with Crippen molar-refractivity contribution in [1.82, 2.24) is 0 Å². The summed E-state index contributed by atoms with van der Waals surface area (Å²) in [6.45, 7) is 1.93. The zero-order valence-corrected chi connectivity index (χ0v) is 15.3. The van der Waals surface area contributed by atoms with Crippen LogP contribution in [0.5, 0.6) is 0 Å². The van der Waals surface area contributed by atoms with Crippen molar-refractivity contribution < 1.29 is 8.42 Å². The second-order valence-corrected chi connectivity index (χ2v) is 9.00. The molecule has 0 amide bonds. The van der Waals surface area contributed by atoms with Gasteiger partial charge in [0.25, 0.3) is 10.0 Å². The molecule has 2 aromatic carbocycles. The molecule has 0 atom stereocenters. The third-order valence-electron chi connectivity index (χ3n) is 3.46. The molecule has 1 heterocycles. The smallest absolute Gasteiger partial charge is 0.260 e. The number of benzene rings is 2. The molecule has 3 rings (SSSR count). The van der Waals surface area contributed by atoms with Gasteiger partial charge in [0.15, 0.2) is 0 Å². The number of anilines is 1. The van der Waals surface area contributed by atoms with Crippen LogP contribution in [0.1, 0.15) is 5.56 Å². The standard InChI is InChI=1S/C16H14BrNO2S2/c1-11-3-7-14(8-4-11)22(19,20)18(2)16-9-12-5-6-13(17)10-15(12)21-16/h3-10H,1-2H3. The number of fused-ring (bicyclic) bond motifs is 1. The predicted molar refractivity (Wildman–Crippen MR) is 96.3 cm³/mol. The second kappa shape index (κ2) is 5.68. The summed E-state index contributed by atoms with van der Waals surface area (Å²) in [4.78, 5) is 0.305. The van der Waals surface area contributed by atoms with Gasteiger partial charge in [0.1, 0.15) is 5.00 Å². The lowest BCUT2D eigenvalue weighted by atomic mass is 10.2. The zero-order valence-electron chi connectivity index (χ0n) is 12.1. The highest BCUT2D eigenvalue weighted by Crippen LogP contribution is 2.35. The van der Waals surface area contributed by atoms with Gasteiger partial charge in [-0.05, 0) is 42.6 Å². The molecule has 6 heteroatoms. The van der Waals surface area contributed by atoms with Gasteiger partial charge in [0.05, 0.1) is 4.90 Å². The van der Waals surface area contributed by atoms with Crippen LogP contribution in [0, 0.1) is 6.92 Å². The fourth-order valence-electron chi connectivity index (χ4n) is 2.13. The highest BCUT2D eigenvalue weighted by Gasteiger charge is 2.22. The maximum absolute atomic E-state index is 12.7. The van der Waals surface area contributed by atoms with Gasteiger partial charge < -0.3 is 0 Å². The first-order valence-corrected chi connectivity index (χ1v) is 9.67. The van der Waals surface area contributed by atoms with Gasteiger partial charge in [0.2, 0.25) is 0 Å². The van der Waals surface area contributed by atoms with E-state index < -0.39 is 10.0 Å². The van der Waals surface area contributed by atoms with Gasteiger partial charge in [-0.15, -0.1) is 11.3 Å². The Kier molecular flexibility index (Phi) is 4.01. The van der Waals surface area contributed by atoms with Crippen molar-refractivity contribution in [3.8, 4) is 0 Å². The SMILES string of the molecule is Cc1ccc(S(=O)(=O)N(C)c2cc3ccc(Br)cc3s2)cc1. The highest BCUT2D eigenvalue weighted by atomic mass is 79.9. The first-order chi connectivity index (χ1) is 10.4. The van der Waals surface area contributed by atoms with Crippen molar-refractivity contribution >= 4 is 52.4 Å². The maximum Gasteiger partial charge on any atom is 0.264 e. The average molecular weight is 396 g/mol. The first kappa shape index (κ1) is 15.5. The summed E-state index contributed by atoms with van der Waals surface area (Å²) in [7, 11) is -1.94. The van der Waals surface area contributed by atoms with Crippen LogP contribution in [-0.2, 0) is 10.0 Å². The molecule has 0 bridgehead atoms. The monoisotopic (exact) mass is 395 g/mol. The van der Waals surface area contributed by atoms with Crippen molar-refractivity contribution in [3.63, 3.8) is 0 Å². The summed E-state index contributed by atoms with van der Waals surface area (Å²) in [6, 6.07) is 14.7. The normalized spacial score (nSPS) is 11.8. The number of thiophene rings is 1. The fourth-order valence-corrected chi connectivity index (χ4v) is 5.11. The summed E-state index contributed by atoms with van der Waals surface area (Å²) in [5, 5.41) is 1.74. The number of rotatable bonds is 3. The molecule has 0 saturated heterocycles. The molecule has 0 saturated carbocycles. The number of hydrogen-bond donors (Lipinski definition) is 0. The van der Waals surface area contributed by atoms with Gasteiger partial charge in [-0.25, -0.2) is 8.42 Å². The van der Waals surface area contributed by atoms with Crippen LogP contribution < -0.4 is 4.31 Å². The van der Waals surface area contributed by atoms with E-state index in [1.54, 1.807) is 19.2 Å². The molecular formula is C16H14BrNO2S2. The molecule has 1 aromatic heterocycles. The minimum Gasteiger partial charge on any atom is -0.260 e. The quantitative estimate of drug-likeness (QED) is 0.638. The second-order valence-electron chi connectivity index (χ2n) is 5.05. The third kappa shape index (κ3) is 2.78. The Morgan fingerprint density at radius 2 is 1.73 bits per heavy atom. The van der Waals surface area contributed by atoms with Crippen molar-refractivity contribution in [2.75, 3.05) is 11.4 Å². The van der Waals surface area contributed by atoms with Crippen LogP contribution in [0.4, 0.5) is 5.00 Å². The van der Waals surface area contributed by atoms with E-state index in [0.717, 1.165) is 20.1 Å². The van der Waals surface area contributed by atoms with Crippen LogP contribution in [0.3, 0.4) is 0 Å². The molecule has 3 aromatic rings. The lowest BCUT2D eigenvalue weighted by Crippen LogP contribution is -2.25. The van der Waals surface area contributed by atoms with Crippen molar-refractivity contribution in [1.29, 1.82) is 0 Å². The molecule has 0 aliphatic rings. The summed E-state index contributed by atoms with van der Waals surface area (Å²) >= 11 is 4.90. The van der Waals surface area contributed by atoms with Gasteiger partial charge in [-0.3, -0.25) is 4.31 Å². The predicted octanol–water partition coefficient (Wildman–Crippen LogP) is 4.80. The Morgan fingerprint density at radius 3 is 2.41 bits per heavy atom. The minimum absolute atomic E-state index is 0.305. The van der Waals surface area contributed by atoms with E-state index in [2.05, 4.69) is 15.9 Å². The van der Waals surface area contributed by atoms with Crippen LogP contribution in [0.25, 0.3) is 10.1 Å². The number of sulfonamides is 1. The van der Waals surface area contributed by atoms with Crippen molar-refractivity contribution in [3.05, 3.63) is 58.6 Å². The molecule has 114 valence electrons. The lowest BCUT2D eigenvalue weighted by molar-refractivity contribution is 0.594.